The summed E-state index contributed by atoms with van der Waals surface area (Å²) in [5.41, 5.74) is 3.25. The average Bonchev–Trinajstić information content (AvgIpc) is 3.15. The Kier molecular flexibility index (Phi) is 5.74. The molecule has 2 aromatic heterocycles. The van der Waals surface area contributed by atoms with Crippen LogP contribution in [0.3, 0.4) is 0 Å². The van der Waals surface area contributed by atoms with Crippen molar-refractivity contribution in [2.24, 2.45) is 0 Å². The lowest BCUT2D eigenvalue weighted by Crippen LogP contribution is -2.35. The molecule has 1 aliphatic heterocycles. The molecule has 1 aliphatic rings. The van der Waals surface area contributed by atoms with Crippen molar-refractivity contribution in [3.05, 3.63) is 64.6 Å². The Labute approximate surface area is 174 Å². The van der Waals surface area contributed by atoms with Crippen LogP contribution in [0.4, 0.5) is 0 Å². The zero-order chi connectivity index (χ0) is 20.4. The lowest BCUT2D eigenvalue weighted by Gasteiger charge is -2.32. The molecule has 7 heteroatoms. The summed E-state index contributed by atoms with van der Waals surface area (Å²) >= 11 is 6.21. The summed E-state index contributed by atoms with van der Waals surface area (Å²) < 4.78 is 7.38. The fourth-order valence-electron chi connectivity index (χ4n) is 4.03. The maximum atomic E-state index is 11.5. The highest BCUT2D eigenvalue weighted by atomic mass is 35.5. The highest BCUT2D eigenvalue weighted by Gasteiger charge is 2.21. The third kappa shape index (κ3) is 4.54. The topological polar surface area (TPSA) is 67.1 Å². The highest BCUT2D eigenvalue weighted by molar-refractivity contribution is 6.30. The minimum absolute atomic E-state index is 0.146. The van der Waals surface area contributed by atoms with Gasteiger partial charge in [0, 0.05) is 36.1 Å². The number of carboxylic acids is 1. The molecule has 6 nitrogen and oxygen atoms in total. The van der Waals surface area contributed by atoms with Crippen molar-refractivity contribution in [1.29, 1.82) is 0 Å². The second-order valence-corrected chi connectivity index (χ2v) is 8.00. The molecule has 3 aromatic rings. The Morgan fingerprint density at radius 2 is 2.03 bits per heavy atom. The average molecular weight is 414 g/mol. The van der Waals surface area contributed by atoms with Crippen LogP contribution in [0.2, 0.25) is 5.02 Å². The van der Waals surface area contributed by atoms with Crippen LogP contribution in [0.15, 0.2) is 42.7 Å². The van der Waals surface area contributed by atoms with Crippen LogP contribution in [-0.2, 0) is 0 Å². The van der Waals surface area contributed by atoms with E-state index in [1.54, 1.807) is 24.5 Å². The number of hydrogen-bond donors (Lipinski definition) is 1. The van der Waals surface area contributed by atoms with Crippen molar-refractivity contribution >= 4 is 23.2 Å². The number of halogens is 1. The van der Waals surface area contributed by atoms with Crippen LogP contribution < -0.4 is 4.74 Å². The van der Waals surface area contributed by atoms with Crippen molar-refractivity contribution in [3.63, 3.8) is 0 Å². The van der Waals surface area contributed by atoms with E-state index in [4.69, 9.17) is 16.3 Å². The Morgan fingerprint density at radius 3 is 2.76 bits per heavy atom. The molecule has 3 heterocycles. The first-order chi connectivity index (χ1) is 14.0. The first kappa shape index (κ1) is 19.7. The Hall–Kier alpha value is -2.57. The molecule has 1 fully saturated rings. The summed E-state index contributed by atoms with van der Waals surface area (Å²) in [6.45, 7) is 5.43. The van der Waals surface area contributed by atoms with Crippen molar-refractivity contribution in [2.75, 3.05) is 26.2 Å². The number of carbonyl (C=O) groups is 1. The molecular weight excluding hydrogens is 390 g/mol. The molecular formula is C22H24ClN3O3. The fourth-order valence-corrected chi connectivity index (χ4v) is 4.33. The number of rotatable bonds is 6. The van der Waals surface area contributed by atoms with Gasteiger partial charge in [0.2, 0.25) is 0 Å². The molecule has 4 rings (SSSR count). The Bertz CT molecular complexity index is 1010. The number of fused-ring (bicyclic) bond motifs is 1. The molecule has 0 radical (unpaired) electrons. The first-order valence-corrected chi connectivity index (χ1v) is 10.2. The summed E-state index contributed by atoms with van der Waals surface area (Å²) in [5.74, 6) is 0.0766. The third-order valence-corrected chi connectivity index (χ3v) is 5.72. The van der Waals surface area contributed by atoms with Crippen LogP contribution in [0.5, 0.6) is 5.75 Å². The SMILES string of the molecule is Cc1cc(Cl)cc(C2CCN(CCOc3cc(C(=O)O)n4ccnc4c3)CC2)c1. The Morgan fingerprint density at radius 1 is 1.24 bits per heavy atom. The number of aryl methyl sites for hydroxylation is 1. The minimum atomic E-state index is -1.00. The van der Waals surface area contributed by atoms with Crippen molar-refractivity contribution in [1.82, 2.24) is 14.3 Å². The van der Waals surface area contributed by atoms with E-state index in [2.05, 4.69) is 28.9 Å². The zero-order valence-corrected chi connectivity index (χ0v) is 17.1. The van der Waals surface area contributed by atoms with Gasteiger partial charge in [-0.15, -0.1) is 0 Å². The quantitative estimate of drug-likeness (QED) is 0.654. The minimum Gasteiger partial charge on any atom is -0.492 e. The summed E-state index contributed by atoms with van der Waals surface area (Å²) in [6.07, 6.45) is 5.41. The van der Waals surface area contributed by atoms with Gasteiger partial charge in [0.05, 0.1) is 0 Å². The first-order valence-electron chi connectivity index (χ1n) is 9.82. The maximum Gasteiger partial charge on any atom is 0.353 e. The molecule has 0 saturated carbocycles. The monoisotopic (exact) mass is 413 g/mol. The molecule has 29 heavy (non-hydrogen) atoms. The number of carboxylic acid groups (broad SMARTS) is 1. The van der Waals surface area contributed by atoms with Crippen LogP contribution >= 0.6 is 11.6 Å². The standard InChI is InChI=1S/C22H24ClN3O3/c1-15-10-17(12-18(23)11-15)16-2-5-25(6-3-16)8-9-29-19-13-20(22(27)28)26-7-4-24-21(26)14-19/h4,7,10-14,16H,2-3,5-6,8-9H2,1H3,(H,27,28). The molecule has 152 valence electrons. The number of aromatic nitrogens is 2. The highest BCUT2D eigenvalue weighted by Crippen LogP contribution is 2.30. The number of pyridine rings is 1. The van der Waals surface area contributed by atoms with Gasteiger partial charge in [-0.25, -0.2) is 9.78 Å². The molecule has 0 amide bonds. The van der Waals surface area contributed by atoms with Crippen LogP contribution in [0.25, 0.3) is 5.65 Å². The van der Waals surface area contributed by atoms with Crippen LogP contribution in [0, 0.1) is 6.92 Å². The molecule has 1 aromatic carbocycles. The number of hydrogen-bond acceptors (Lipinski definition) is 4. The molecule has 0 spiro atoms. The van der Waals surface area contributed by atoms with E-state index < -0.39 is 5.97 Å². The number of piperidine rings is 1. The van der Waals surface area contributed by atoms with Gasteiger partial charge in [-0.2, -0.15) is 0 Å². The molecule has 1 N–H and O–H groups in total. The number of ether oxygens (including phenoxy) is 1. The van der Waals surface area contributed by atoms with Gasteiger partial charge in [-0.3, -0.25) is 9.30 Å². The van der Waals surface area contributed by atoms with E-state index in [0.717, 1.165) is 37.5 Å². The lowest BCUT2D eigenvalue weighted by atomic mass is 9.89. The number of nitrogens with zero attached hydrogens (tertiary/aromatic N) is 3. The van der Waals surface area contributed by atoms with E-state index >= 15 is 0 Å². The van der Waals surface area contributed by atoms with E-state index in [9.17, 15) is 9.90 Å². The second kappa shape index (κ2) is 8.43. The van der Waals surface area contributed by atoms with Gasteiger partial charge < -0.3 is 9.84 Å². The van der Waals surface area contributed by atoms with Gasteiger partial charge in [0.1, 0.15) is 23.7 Å². The van der Waals surface area contributed by atoms with E-state index in [0.29, 0.717) is 23.9 Å². The van der Waals surface area contributed by atoms with Gasteiger partial charge in [-0.1, -0.05) is 17.7 Å². The summed E-state index contributed by atoms with van der Waals surface area (Å²) in [7, 11) is 0. The van der Waals surface area contributed by atoms with Gasteiger partial charge in [0.25, 0.3) is 0 Å². The maximum absolute atomic E-state index is 11.5. The summed E-state index contributed by atoms with van der Waals surface area (Å²) in [6, 6.07) is 9.63. The van der Waals surface area contributed by atoms with Crippen LogP contribution in [-0.4, -0.2) is 51.6 Å². The predicted molar refractivity (Wildman–Crippen MR) is 112 cm³/mol. The lowest BCUT2D eigenvalue weighted by molar-refractivity contribution is 0.0688. The zero-order valence-electron chi connectivity index (χ0n) is 16.3. The molecule has 0 aliphatic carbocycles. The normalized spacial score (nSPS) is 15.7. The van der Waals surface area contributed by atoms with E-state index in [1.165, 1.54) is 15.5 Å². The van der Waals surface area contributed by atoms with E-state index in [1.807, 2.05) is 6.07 Å². The smallest absolute Gasteiger partial charge is 0.353 e. The summed E-state index contributed by atoms with van der Waals surface area (Å²) in [5, 5.41) is 10.2. The van der Waals surface area contributed by atoms with Crippen molar-refractivity contribution in [2.45, 2.75) is 25.7 Å². The predicted octanol–water partition coefficient (Wildman–Crippen LogP) is 4.25. The van der Waals surface area contributed by atoms with Crippen LogP contribution in [0.1, 0.15) is 40.4 Å². The molecule has 1 saturated heterocycles. The summed E-state index contributed by atoms with van der Waals surface area (Å²) in [4.78, 5) is 18.0. The van der Waals surface area contributed by atoms with Gasteiger partial charge >= 0.3 is 5.97 Å². The Balaban J connectivity index is 1.31. The second-order valence-electron chi connectivity index (χ2n) is 7.56. The van der Waals surface area contributed by atoms with Crippen molar-refractivity contribution in [3.8, 4) is 5.75 Å². The van der Waals surface area contributed by atoms with Crippen molar-refractivity contribution < 1.29 is 14.6 Å². The largest absolute Gasteiger partial charge is 0.492 e. The molecule has 0 bridgehead atoms. The fraction of sp³-hybridized carbons (Fsp3) is 0.364. The molecule has 0 unspecified atom stereocenters. The number of aromatic carboxylic acids is 1. The van der Waals surface area contributed by atoms with E-state index in [-0.39, 0.29) is 5.69 Å². The number of imidazole rings is 1. The van der Waals surface area contributed by atoms with Gasteiger partial charge in [-0.05, 0) is 62.0 Å². The number of benzene rings is 1. The van der Waals surface area contributed by atoms with Gasteiger partial charge in [0.15, 0.2) is 0 Å². The molecule has 0 atom stereocenters. The number of likely N-dealkylation sites (tertiary alicyclic amines) is 1. The third-order valence-electron chi connectivity index (χ3n) is 5.50.